The van der Waals surface area contributed by atoms with E-state index < -0.39 is 34.5 Å². The maximum Gasteiger partial charge on any atom is 0.341 e. The van der Waals surface area contributed by atoms with E-state index in [1.807, 2.05) is 0 Å². The summed E-state index contributed by atoms with van der Waals surface area (Å²) in [7, 11) is -3.95. The van der Waals surface area contributed by atoms with Gasteiger partial charge in [0.15, 0.2) is 6.73 Å². The summed E-state index contributed by atoms with van der Waals surface area (Å²) in [6, 6.07) is 8.21. The first kappa shape index (κ1) is 20.8. The van der Waals surface area contributed by atoms with Crippen molar-refractivity contribution in [1.82, 2.24) is 9.62 Å². The smallest absolute Gasteiger partial charge is 0.341 e. The average molecular weight is 469 g/mol. The number of nitrogens with zero attached hydrogens (tertiary/aromatic N) is 1. The van der Waals surface area contributed by atoms with Crippen LogP contribution in [0.2, 0.25) is 10.0 Å². The number of hydrogen-bond acceptors (Lipinski definition) is 6. The van der Waals surface area contributed by atoms with Gasteiger partial charge in [0.05, 0.1) is 26.7 Å². The van der Waals surface area contributed by atoms with E-state index in [0.717, 1.165) is 29.9 Å². The fourth-order valence-corrected chi connectivity index (χ4v) is 5.09. The molecule has 1 aliphatic carbocycles. The highest BCUT2D eigenvalue weighted by Crippen LogP contribution is 2.31. The van der Waals surface area contributed by atoms with Gasteiger partial charge in [-0.3, -0.25) is 9.59 Å². The number of sulfonamides is 1. The normalized spacial score (nSPS) is 16.0. The van der Waals surface area contributed by atoms with Gasteiger partial charge < -0.3 is 4.74 Å². The van der Waals surface area contributed by atoms with Gasteiger partial charge >= 0.3 is 5.97 Å². The Kier molecular flexibility index (Phi) is 5.31. The third kappa shape index (κ3) is 3.81. The predicted octanol–water partition coefficient (Wildman–Crippen LogP) is 2.84. The molecule has 1 aliphatic heterocycles. The minimum absolute atomic E-state index is 0.127. The molecular weight excluding hydrogens is 455 g/mol. The van der Waals surface area contributed by atoms with Gasteiger partial charge in [-0.1, -0.05) is 35.3 Å². The van der Waals surface area contributed by atoms with Crippen molar-refractivity contribution in [2.24, 2.45) is 0 Å². The first-order valence-corrected chi connectivity index (χ1v) is 11.1. The lowest BCUT2D eigenvalue weighted by atomic mass is 10.1. The number of nitrogens with one attached hydrogen (secondary N) is 1. The Labute approximate surface area is 181 Å². The summed E-state index contributed by atoms with van der Waals surface area (Å²) in [6.07, 6.45) is 1.44. The predicted molar refractivity (Wildman–Crippen MR) is 107 cm³/mol. The number of imide groups is 1. The molecule has 2 amide bonds. The Morgan fingerprint density at radius 3 is 2.23 bits per heavy atom. The summed E-state index contributed by atoms with van der Waals surface area (Å²) in [4.78, 5) is 37.7. The number of hydrogen-bond donors (Lipinski definition) is 1. The van der Waals surface area contributed by atoms with Gasteiger partial charge in [0.25, 0.3) is 11.8 Å². The lowest BCUT2D eigenvalue weighted by Gasteiger charge is -2.15. The van der Waals surface area contributed by atoms with Gasteiger partial charge in [-0.2, -0.15) is 0 Å². The molecule has 4 rings (SSSR count). The maximum atomic E-state index is 12.5. The molecule has 0 radical (unpaired) electrons. The molecule has 1 saturated carbocycles. The Hall–Kier alpha value is -2.46. The first-order chi connectivity index (χ1) is 14.2. The van der Waals surface area contributed by atoms with Gasteiger partial charge in [-0.05, 0) is 37.1 Å². The average Bonchev–Trinajstić information content (AvgIpc) is 3.46. The van der Waals surface area contributed by atoms with Crippen LogP contribution < -0.4 is 4.72 Å². The van der Waals surface area contributed by atoms with Crippen molar-refractivity contribution in [2.45, 2.75) is 23.8 Å². The first-order valence-electron chi connectivity index (χ1n) is 8.83. The second kappa shape index (κ2) is 7.66. The Morgan fingerprint density at radius 1 is 1.07 bits per heavy atom. The van der Waals surface area contributed by atoms with Gasteiger partial charge in [-0.15, -0.1) is 0 Å². The number of carbonyl (C=O) groups excluding carboxylic acids is 3. The molecule has 1 heterocycles. The minimum Gasteiger partial charge on any atom is -0.440 e. The third-order valence-corrected chi connectivity index (χ3v) is 6.93. The molecule has 2 aromatic carbocycles. The van der Waals surface area contributed by atoms with Gasteiger partial charge in [-0.25, -0.2) is 22.8 Å². The van der Waals surface area contributed by atoms with E-state index in [1.165, 1.54) is 12.1 Å². The number of ether oxygens (including phenoxy) is 1. The SMILES string of the molecule is O=C(OCN1C(=O)c2ccccc2C1=O)c1cc(S(=O)(=O)NC2CC2)c(Cl)cc1Cl. The van der Waals surface area contributed by atoms with Crippen molar-refractivity contribution in [3.8, 4) is 0 Å². The monoisotopic (exact) mass is 468 g/mol. The lowest BCUT2D eigenvalue weighted by molar-refractivity contribution is 0.0228. The van der Waals surface area contributed by atoms with E-state index >= 15 is 0 Å². The topological polar surface area (TPSA) is 110 Å². The highest BCUT2D eigenvalue weighted by Gasteiger charge is 2.36. The van der Waals surface area contributed by atoms with Crippen LogP contribution in [0.15, 0.2) is 41.3 Å². The molecule has 11 heteroatoms. The summed E-state index contributed by atoms with van der Waals surface area (Å²) in [5.41, 5.74) is 0.166. The van der Waals surface area contributed by atoms with E-state index in [2.05, 4.69) is 4.72 Å². The molecule has 0 bridgehead atoms. The van der Waals surface area contributed by atoms with Crippen molar-refractivity contribution in [3.63, 3.8) is 0 Å². The van der Waals surface area contributed by atoms with E-state index in [9.17, 15) is 22.8 Å². The second-order valence-electron chi connectivity index (χ2n) is 6.80. The zero-order valence-electron chi connectivity index (χ0n) is 15.2. The van der Waals surface area contributed by atoms with Gasteiger partial charge in [0, 0.05) is 6.04 Å². The third-order valence-electron chi connectivity index (χ3n) is 4.63. The zero-order valence-corrected chi connectivity index (χ0v) is 17.6. The zero-order chi connectivity index (χ0) is 21.6. The van der Waals surface area contributed by atoms with E-state index in [-0.39, 0.29) is 37.7 Å². The Balaban J connectivity index is 1.53. The molecule has 1 N–H and O–H groups in total. The summed E-state index contributed by atoms with van der Waals surface area (Å²) in [5, 5.41) is -0.275. The van der Waals surface area contributed by atoms with Gasteiger partial charge in [0.1, 0.15) is 4.90 Å². The number of rotatable bonds is 6. The summed E-state index contributed by atoms with van der Waals surface area (Å²) < 4.78 is 32.5. The summed E-state index contributed by atoms with van der Waals surface area (Å²) in [5.74, 6) is -2.19. The van der Waals surface area contributed by atoms with Crippen LogP contribution in [0.25, 0.3) is 0 Å². The van der Waals surface area contributed by atoms with Crippen molar-refractivity contribution < 1.29 is 27.5 Å². The number of carbonyl (C=O) groups is 3. The van der Waals surface area contributed by atoms with Crippen molar-refractivity contribution in [2.75, 3.05) is 6.73 Å². The van der Waals surface area contributed by atoms with Crippen molar-refractivity contribution >= 4 is 51.0 Å². The molecule has 8 nitrogen and oxygen atoms in total. The number of fused-ring (bicyclic) bond motifs is 1. The van der Waals surface area contributed by atoms with E-state index in [1.54, 1.807) is 12.1 Å². The number of halogens is 2. The van der Waals surface area contributed by atoms with E-state index in [0.29, 0.717) is 0 Å². The minimum atomic E-state index is -3.95. The second-order valence-corrected chi connectivity index (χ2v) is 9.30. The largest absolute Gasteiger partial charge is 0.440 e. The molecule has 0 unspecified atom stereocenters. The molecule has 0 spiro atoms. The highest BCUT2D eigenvalue weighted by molar-refractivity contribution is 7.89. The molecule has 2 aromatic rings. The molecular formula is C19H14Cl2N2O6S. The molecule has 1 fully saturated rings. The summed E-state index contributed by atoms with van der Waals surface area (Å²) >= 11 is 12.1. The van der Waals surface area contributed by atoms with Crippen LogP contribution in [0.3, 0.4) is 0 Å². The standard InChI is InChI=1S/C19H14Cl2N2O6S/c20-14-8-15(21)16(30(27,28)22-10-5-6-10)7-13(14)19(26)29-9-23-17(24)11-3-1-2-4-12(11)18(23)25/h1-4,7-8,10,22H,5-6,9H2. The lowest BCUT2D eigenvalue weighted by Crippen LogP contribution is -2.33. The van der Waals surface area contributed by atoms with Crippen molar-refractivity contribution in [3.05, 3.63) is 63.1 Å². The fourth-order valence-electron chi connectivity index (χ4n) is 2.93. The van der Waals surface area contributed by atoms with Crippen LogP contribution in [0.5, 0.6) is 0 Å². The maximum absolute atomic E-state index is 12.5. The number of benzene rings is 2. The summed E-state index contributed by atoms with van der Waals surface area (Å²) in [6.45, 7) is -0.646. The molecule has 30 heavy (non-hydrogen) atoms. The van der Waals surface area contributed by atoms with Crippen molar-refractivity contribution in [1.29, 1.82) is 0 Å². The number of amides is 2. The highest BCUT2D eigenvalue weighted by atomic mass is 35.5. The van der Waals surface area contributed by atoms with Crippen LogP contribution in [0.4, 0.5) is 0 Å². The molecule has 0 saturated heterocycles. The van der Waals surface area contributed by atoms with Crippen LogP contribution in [-0.2, 0) is 14.8 Å². The molecule has 2 aliphatic rings. The quantitative estimate of drug-likeness (QED) is 0.515. The Bertz CT molecular complexity index is 1160. The van der Waals surface area contributed by atoms with Gasteiger partial charge in [0.2, 0.25) is 10.0 Å². The van der Waals surface area contributed by atoms with Crippen LogP contribution in [0, 0.1) is 0 Å². The number of esters is 1. The molecule has 0 atom stereocenters. The van der Waals surface area contributed by atoms with Crippen LogP contribution in [0.1, 0.15) is 43.9 Å². The van der Waals surface area contributed by atoms with Crippen LogP contribution in [-0.4, -0.2) is 43.9 Å². The van der Waals surface area contributed by atoms with Crippen LogP contribution >= 0.6 is 23.2 Å². The van der Waals surface area contributed by atoms with E-state index in [4.69, 9.17) is 27.9 Å². The fraction of sp³-hybridized carbons (Fsp3) is 0.211. The Morgan fingerprint density at radius 2 is 1.67 bits per heavy atom. The molecule has 156 valence electrons. The molecule has 0 aromatic heterocycles.